The fourth-order valence-corrected chi connectivity index (χ4v) is 10.4. The first kappa shape index (κ1) is 33.9. The molecule has 59 heavy (non-hydrogen) atoms. The van der Waals surface area contributed by atoms with Crippen LogP contribution in [0.2, 0.25) is 0 Å². The van der Waals surface area contributed by atoms with Crippen molar-refractivity contribution in [2.24, 2.45) is 0 Å². The molecule has 3 aliphatic rings. The molecule has 9 aromatic rings. The third-order valence-corrected chi connectivity index (χ3v) is 13.1. The summed E-state index contributed by atoms with van der Waals surface area (Å²) in [6, 6.07) is 73.9. The molecule has 0 bridgehead atoms. The molecule has 2 nitrogen and oxygen atoms in total. The molecule has 0 fully saturated rings. The maximum absolute atomic E-state index is 6.94. The first-order chi connectivity index (χ1) is 29.2. The summed E-state index contributed by atoms with van der Waals surface area (Å²) < 4.78 is 6.94. The zero-order chi connectivity index (χ0) is 38.9. The van der Waals surface area contributed by atoms with Gasteiger partial charge in [0.2, 0.25) is 0 Å². The van der Waals surface area contributed by atoms with Gasteiger partial charge in [0, 0.05) is 33.6 Å². The second kappa shape index (κ2) is 13.5. The largest absolute Gasteiger partial charge is 0.456 e. The van der Waals surface area contributed by atoms with Crippen molar-refractivity contribution in [2.75, 3.05) is 4.90 Å². The lowest BCUT2D eigenvalue weighted by Gasteiger charge is -2.40. The molecule has 0 N–H and O–H groups in total. The second-order valence-electron chi connectivity index (χ2n) is 16.3. The van der Waals surface area contributed by atoms with Crippen LogP contribution in [-0.4, -0.2) is 0 Å². The number of fused-ring (bicyclic) bond motifs is 12. The van der Waals surface area contributed by atoms with E-state index in [2.05, 4.69) is 205 Å². The molecule has 1 aliphatic heterocycles. The number of anilines is 3. The zero-order valence-electron chi connectivity index (χ0n) is 32.7. The molecule has 0 aromatic heterocycles. The Kier molecular flexibility index (Phi) is 7.74. The first-order valence-corrected chi connectivity index (χ1v) is 21.0. The summed E-state index contributed by atoms with van der Waals surface area (Å²) in [5.41, 5.74) is 18.1. The Bertz CT molecular complexity index is 3070. The van der Waals surface area contributed by atoms with Crippen LogP contribution in [0, 0.1) is 0 Å². The number of para-hydroxylation sites is 1. The van der Waals surface area contributed by atoms with Crippen molar-refractivity contribution in [1.29, 1.82) is 0 Å². The number of rotatable bonds is 5. The summed E-state index contributed by atoms with van der Waals surface area (Å²) in [5, 5.41) is 2.30. The van der Waals surface area contributed by atoms with Crippen LogP contribution in [0.3, 0.4) is 0 Å². The SMILES string of the molecule is c1ccc(-c2ccc(N(c3ccc(-c4ccc5c(c4)CCCC5)cc3)c3ccc4c(c3)C3(c5ccccc5Oc5c3ccc3ccccc53)c3ccccc3-4)cc2)cc1. The number of aryl methyl sites for hydroxylation is 2. The van der Waals surface area contributed by atoms with E-state index < -0.39 is 5.41 Å². The topological polar surface area (TPSA) is 12.5 Å². The standard InChI is InChI=1S/C57H41NO/c1-2-12-38(13-3-1)40-24-29-45(30-25-40)58(46-31-26-41(27-32-46)44-23-22-39-14-4-5-16-43(39)36-44)47-33-34-50-49-18-8-9-19-51(49)57(54(50)37-47)52-20-10-11-21-55(52)59-56-48-17-7-6-15-42(48)28-35-53(56)57/h1-3,6-13,15,17-37H,4-5,14,16H2. The van der Waals surface area contributed by atoms with Gasteiger partial charge in [0.05, 0.1) is 5.41 Å². The Morgan fingerprint density at radius 1 is 0.390 bits per heavy atom. The average molecular weight is 756 g/mol. The molecule has 12 rings (SSSR count). The molecule has 2 aliphatic carbocycles. The van der Waals surface area contributed by atoms with Gasteiger partial charge < -0.3 is 9.64 Å². The maximum Gasteiger partial charge on any atom is 0.140 e. The number of nitrogens with zero attached hydrogens (tertiary/aromatic N) is 1. The number of hydrogen-bond acceptors (Lipinski definition) is 2. The van der Waals surface area contributed by atoms with Gasteiger partial charge in [0.1, 0.15) is 11.5 Å². The number of benzene rings is 9. The minimum absolute atomic E-state index is 0.588. The van der Waals surface area contributed by atoms with E-state index in [1.54, 1.807) is 0 Å². The van der Waals surface area contributed by atoms with Crippen LogP contribution in [0.5, 0.6) is 11.5 Å². The zero-order valence-corrected chi connectivity index (χ0v) is 32.7. The Labute approximate surface area is 345 Å². The van der Waals surface area contributed by atoms with E-state index in [1.807, 2.05) is 0 Å². The van der Waals surface area contributed by atoms with Gasteiger partial charge in [-0.15, -0.1) is 0 Å². The van der Waals surface area contributed by atoms with E-state index >= 15 is 0 Å². The summed E-state index contributed by atoms with van der Waals surface area (Å²) in [7, 11) is 0. The summed E-state index contributed by atoms with van der Waals surface area (Å²) in [5.74, 6) is 1.83. The van der Waals surface area contributed by atoms with Crippen LogP contribution in [-0.2, 0) is 18.3 Å². The fourth-order valence-electron chi connectivity index (χ4n) is 10.4. The van der Waals surface area contributed by atoms with Gasteiger partial charge in [0.25, 0.3) is 0 Å². The van der Waals surface area contributed by atoms with Gasteiger partial charge in [-0.2, -0.15) is 0 Å². The lowest BCUT2D eigenvalue weighted by atomic mass is 9.65. The van der Waals surface area contributed by atoms with Gasteiger partial charge in [-0.25, -0.2) is 0 Å². The highest BCUT2D eigenvalue weighted by Gasteiger charge is 2.51. The van der Waals surface area contributed by atoms with E-state index in [1.165, 1.54) is 97.8 Å². The molecule has 2 heteroatoms. The predicted octanol–water partition coefficient (Wildman–Crippen LogP) is 15.0. The quantitative estimate of drug-likeness (QED) is 0.173. The summed E-state index contributed by atoms with van der Waals surface area (Å²) >= 11 is 0. The molecule has 1 atom stereocenters. The van der Waals surface area contributed by atoms with E-state index in [4.69, 9.17) is 4.74 Å². The van der Waals surface area contributed by atoms with E-state index in [-0.39, 0.29) is 0 Å². The molecular formula is C57H41NO. The molecule has 0 saturated heterocycles. The third kappa shape index (κ3) is 5.26. The number of ether oxygens (including phenoxy) is 1. The van der Waals surface area contributed by atoms with Crippen molar-refractivity contribution in [3.8, 4) is 44.9 Å². The highest BCUT2D eigenvalue weighted by molar-refractivity contribution is 5.96. The monoisotopic (exact) mass is 755 g/mol. The maximum atomic E-state index is 6.94. The lowest BCUT2D eigenvalue weighted by molar-refractivity contribution is 0.441. The average Bonchev–Trinajstić information content (AvgIpc) is 3.59. The van der Waals surface area contributed by atoms with Crippen molar-refractivity contribution in [3.63, 3.8) is 0 Å². The van der Waals surface area contributed by atoms with Crippen LogP contribution < -0.4 is 9.64 Å². The van der Waals surface area contributed by atoms with Crippen molar-refractivity contribution >= 4 is 27.8 Å². The van der Waals surface area contributed by atoms with Gasteiger partial charge >= 0.3 is 0 Å². The van der Waals surface area contributed by atoms with Gasteiger partial charge in [0.15, 0.2) is 0 Å². The second-order valence-corrected chi connectivity index (χ2v) is 16.3. The van der Waals surface area contributed by atoms with Gasteiger partial charge in [-0.05, 0) is 129 Å². The summed E-state index contributed by atoms with van der Waals surface area (Å²) in [4.78, 5) is 2.43. The number of hydrogen-bond donors (Lipinski definition) is 0. The molecule has 9 aromatic carbocycles. The molecule has 0 radical (unpaired) electrons. The summed E-state index contributed by atoms with van der Waals surface area (Å²) in [6.07, 6.45) is 4.94. The van der Waals surface area contributed by atoms with Crippen LogP contribution >= 0.6 is 0 Å². The molecule has 1 spiro atoms. The smallest absolute Gasteiger partial charge is 0.140 e. The fraction of sp³-hybridized carbons (Fsp3) is 0.0877. The van der Waals surface area contributed by atoms with Crippen molar-refractivity contribution in [1.82, 2.24) is 0 Å². The van der Waals surface area contributed by atoms with Crippen molar-refractivity contribution < 1.29 is 4.74 Å². The van der Waals surface area contributed by atoms with Gasteiger partial charge in [-0.1, -0.05) is 158 Å². The molecule has 280 valence electrons. The molecule has 1 heterocycles. The molecule has 0 saturated carbocycles. The van der Waals surface area contributed by atoms with Crippen LogP contribution in [0.25, 0.3) is 44.2 Å². The van der Waals surface area contributed by atoms with Crippen LogP contribution in [0.1, 0.15) is 46.2 Å². The Morgan fingerprint density at radius 2 is 1.00 bits per heavy atom. The van der Waals surface area contributed by atoms with Crippen LogP contribution in [0.4, 0.5) is 17.1 Å². The van der Waals surface area contributed by atoms with Crippen molar-refractivity contribution in [3.05, 3.63) is 234 Å². The van der Waals surface area contributed by atoms with E-state index in [0.29, 0.717) is 0 Å². The predicted molar refractivity (Wildman–Crippen MR) is 244 cm³/mol. The normalized spacial score (nSPS) is 15.7. The third-order valence-electron chi connectivity index (χ3n) is 13.1. The molecule has 1 unspecified atom stereocenters. The highest BCUT2D eigenvalue weighted by Crippen LogP contribution is 2.63. The van der Waals surface area contributed by atoms with Crippen molar-refractivity contribution in [2.45, 2.75) is 31.1 Å². The molecular weight excluding hydrogens is 715 g/mol. The lowest BCUT2D eigenvalue weighted by Crippen LogP contribution is -2.32. The van der Waals surface area contributed by atoms with Crippen LogP contribution in [0.15, 0.2) is 200 Å². The first-order valence-electron chi connectivity index (χ1n) is 21.0. The van der Waals surface area contributed by atoms with Gasteiger partial charge in [-0.3, -0.25) is 0 Å². The highest BCUT2D eigenvalue weighted by atomic mass is 16.5. The Hall–Kier alpha value is -7.16. The molecule has 0 amide bonds. The summed E-state index contributed by atoms with van der Waals surface area (Å²) in [6.45, 7) is 0. The minimum Gasteiger partial charge on any atom is -0.456 e. The van der Waals surface area contributed by atoms with E-state index in [0.717, 1.165) is 33.9 Å². The minimum atomic E-state index is -0.588. The Balaban J connectivity index is 1.06. The Morgan fingerprint density at radius 3 is 1.81 bits per heavy atom. The van der Waals surface area contributed by atoms with E-state index in [9.17, 15) is 0 Å².